The fraction of sp³-hybridized carbons (Fsp3) is 0.400. The minimum Gasteiger partial charge on any atom is -0.478 e. The number of carboxylic acid groups (broad SMARTS) is 1. The second kappa shape index (κ2) is 5.20. The van der Waals surface area contributed by atoms with Crippen molar-refractivity contribution < 1.29 is 19.4 Å². The fourth-order valence-electron chi connectivity index (χ4n) is 2.19. The molecule has 2 rings (SSSR count). The Balaban J connectivity index is 2.66. The number of imidazole rings is 1. The van der Waals surface area contributed by atoms with Gasteiger partial charge in [-0.2, -0.15) is 0 Å². The quantitative estimate of drug-likeness (QED) is 0.876. The number of nitrogens with zero attached hydrogens (tertiary/aromatic N) is 2. The molecule has 1 aromatic carbocycles. The summed E-state index contributed by atoms with van der Waals surface area (Å²) in [6, 6.07) is 4.69. The zero-order chi connectivity index (χ0) is 15.8. The first-order chi connectivity index (χ1) is 9.74. The number of carboxylic acids is 1. The number of carbonyl (C=O) groups excluding carboxylic acids is 1. The smallest absolute Gasteiger partial charge is 0.335 e. The number of ether oxygens (including phenoxy) is 1. The SMILES string of the molecule is COC(=O)Cn1c(C(C)(C)C)nc2cc(C(=O)O)ccc21. The molecule has 0 saturated heterocycles. The van der Waals surface area contributed by atoms with Crippen LogP contribution in [-0.4, -0.2) is 33.7 Å². The van der Waals surface area contributed by atoms with E-state index in [2.05, 4.69) is 4.98 Å². The third-order valence-corrected chi connectivity index (χ3v) is 3.18. The molecule has 112 valence electrons. The third-order valence-electron chi connectivity index (χ3n) is 3.18. The summed E-state index contributed by atoms with van der Waals surface area (Å²) in [6.45, 7) is 6.01. The zero-order valence-electron chi connectivity index (χ0n) is 12.5. The molecule has 1 aromatic heterocycles. The van der Waals surface area contributed by atoms with Crippen LogP contribution in [0, 0.1) is 0 Å². The Bertz CT molecular complexity index is 710. The molecule has 0 bridgehead atoms. The molecule has 0 aliphatic carbocycles. The Morgan fingerprint density at radius 3 is 2.52 bits per heavy atom. The van der Waals surface area contributed by atoms with Crippen molar-refractivity contribution in [2.24, 2.45) is 0 Å². The van der Waals surface area contributed by atoms with E-state index in [-0.39, 0.29) is 23.5 Å². The Morgan fingerprint density at radius 1 is 1.33 bits per heavy atom. The Labute approximate surface area is 122 Å². The van der Waals surface area contributed by atoms with Gasteiger partial charge in [-0.1, -0.05) is 20.8 Å². The van der Waals surface area contributed by atoms with E-state index in [0.717, 1.165) is 5.52 Å². The van der Waals surface area contributed by atoms with Gasteiger partial charge in [0, 0.05) is 5.41 Å². The number of benzene rings is 1. The highest BCUT2D eigenvalue weighted by Gasteiger charge is 2.24. The Morgan fingerprint density at radius 2 is 2.00 bits per heavy atom. The lowest BCUT2D eigenvalue weighted by molar-refractivity contribution is -0.141. The van der Waals surface area contributed by atoms with Crippen molar-refractivity contribution in [1.29, 1.82) is 0 Å². The molecule has 6 heteroatoms. The van der Waals surface area contributed by atoms with Gasteiger partial charge < -0.3 is 14.4 Å². The number of hydrogen-bond acceptors (Lipinski definition) is 4. The van der Waals surface area contributed by atoms with Crippen LogP contribution in [0.3, 0.4) is 0 Å². The molecule has 0 radical (unpaired) electrons. The van der Waals surface area contributed by atoms with E-state index in [1.807, 2.05) is 20.8 Å². The second-order valence-electron chi connectivity index (χ2n) is 5.86. The fourth-order valence-corrected chi connectivity index (χ4v) is 2.19. The molecule has 0 atom stereocenters. The first-order valence-corrected chi connectivity index (χ1v) is 6.55. The van der Waals surface area contributed by atoms with Gasteiger partial charge >= 0.3 is 11.9 Å². The molecule has 0 unspecified atom stereocenters. The van der Waals surface area contributed by atoms with Crippen molar-refractivity contribution in [2.75, 3.05) is 7.11 Å². The van der Waals surface area contributed by atoms with Crippen LogP contribution in [0.25, 0.3) is 11.0 Å². The third kappa shape index (κ3) is 2.89. The van der Waals surface area contributed by atoms with Crippen LogP contribution in [0.15, 0.2) is 18.2 Å². The lowest BCUT2D eigenvalue weighted by atomic mass is 9.95. The summed E-state index contributed by atoms with van der Waals surface area (Å²) in [5, 5.41) is 9.06. The highest BCUT2D eigenvalue weighted by molar-refractivity contribution is 5.92. The largest absolute Gasteiger partial charge is 0.478 e. The Kier molecular flexibility index (Phi) is 3.72. The minimum absolute atomic E-state index is 0.0476. The number of methoxy groups -OCH3 is 1. The topological polar surface area (TPSA) is 81.4 Å². The molecule has 0 aliphatic heterocycles. The molecule has 2 aromatic rings. The summed E-state index contributed by atoms with van der Waals surface area (Å²) in [5.41, 5.74) is 1.17. The summed E-state index contributed by atoms with van der Waals surface area (Å²) in [7, 11) is 1.33. The van der Waals surface area contributed by atoms with E-state index >= 15 is 0 Å². The van der Waals surface area contributed by atoms with Crippen LogP contribution in [-0.2, 0) is 21.5 Å². The number of carbonyl (C=O) groups is 2. The number of esters is 1. The van der Waals surface area contributed by atoms with Gasteiger partial charge in [-0.3, -0.25) is 4.79 Å². The number of aromatic carboxylic acids is 1. The van der Waals surface area contributed by atoms with Gasteiger partial charge in [0.05, 0.1) is 23.7 Å². The molecule has 1 heterocycles. The van der Waals surface area contributed by atoms with Crippen molar-refractivity contribution in [3.63, 3.8) is 0 Å². The van der Waals surface area contributed by atoms with Crippen molar-refractivity contribution in [1.82, 2.24) is 9.55 Å². The molecular formula is C15H18N2O4. The van der Waals surface area contributed by atoms with Crippen LogP contribution in [0.2, 0.25) is 0 Å². The second-order valence-corrected chi connectivity index (χ2v) is 5.86. The standard InChI is InChI=1S/C15H18N2O4/c1-15(2,3)14-16-10-7-9(13(19)20)5-6-11(10)17(14)8-12(18)21-4/h5-7H,8H2,1-4H3,(H,19,20). The van der Waals surface area contributed by atoms with E-state index in [9.17, 15) is 9.59 Å². The van der Waals surface area contributed by atoms with Gasteiger partial charge in [0.25, 0.3) is 0 Å². The summed E-state index contributed by atoms with van der Waals surface area (Å²) >= 11 is 0. The summed E-state index contributed by atoms with van der Waals surface area (Å²) in [6.07, 6.45) is 0. The van der Waals surface area contributed by atoms with Crippen LogP contribution in [0.1, 0.15) is 37.0 Å². The predicted octanol–water partition coefficient (Wildman–Crippen LogP) is 2.21. The number of hydrogen-bond donors (Lipinski definition) is 1. The minimum atomic E-state index is -1.00. The highest BCUT2D eigenvalue weighted by Crippen LogP contribution is 2.27. The first-order valence-electron chi connectivity index (χ1n) is 6.55. The van der Waals surface area contributed by atoms with E-state index < -0.39 is 5.97 Å². The average Bonchev–Trinajstić information content (AvgIpc) is 2.76. The molecule has 0 fully saturated rings. The number of fused-ring (bicyclic) bond motifs is 1. The molecule has 21 heavy (non-hydrogen) atoms. The van der Waals surface area contributed by atoms with Crippen LogP contribution < -0.4 is 0 Å². The maximum Gasteiger partial charge on any atom is 0.335 e. The Hall–Kier alpha value is -2.37. The highest BCUT2D eigenvalue weighted by atomic mass is 16.5. The monoisotopic (exact) mass is 290 g/mol. The molecule has 0 aliphatic rings. The first kappa shape index (κ1) is 15.0. The summed E-state index contributed by atoms with van der Waals surface area (Å²) < 4.78 is 6.49. The van der Waals surface area contributed by atoms with Gasteiger partial charge in [0.15, 0.2) is 0 Å². The van der Waals surface area contributed by atoms with Gasteiger partial charge in [-0.05, 0) is 18.2 Å². The lowest BCUT2D eigenvalue weighted by Gasteiger charge is -2.19. The summed E-state index contributed by atoms with van der Waals surface area (Å²) in [4.78, 5) is 27.2. The maximum absolute atomic E-state index is 11.6. The number of rotatable bonds is 3. The van der Waals surface area contributed by atoms with Gasteiger partial charge in [-0.25, -0.2) is 9.78 Å². The average molecular weight is 290 g/mol. The molecule has 0 amide bonds. The van der Waals surface area contributed by atoms with Gasteiger partial charge in [-0.15, -0.1) is 0 Å². The van der Waals surface area contributed by atoms with E-state index in [1.165, 1.54) is 19.2 Å². The zero-order valence-corrected chi connectivity index (χ0v) is 12.5. The summed E-state index contributed by atoms with van der Waals surface area (Å²) in [5.74, 6) is -0.663. The van der Waals surface area contributed by atoms with Crippen molar-refractivity contribution in [3.8, 4) is 0 Å². The molecule has 0 saturated carbocycles. The lowest BCUT2D eigenvalue weighted by Crippen LogP contribution is -2.22. The normalized spacial score (nSPS) is 11.6. The number of aromatic nitrogens is 2. The molecule has 6 nitrogen and oxygen atoms in total. The molecule has 1 N–H and O–H groups in total. The van der Waals surface area contributed by atoms with Crippen LogP contribution >= 0.6 is 0 Å². The van der Waals surface area contributed by atoms with Crippen LogP contribution in [0.5, 0.6) is 0 Å². The van der Waals surface area contributed by atoms with Crippen molar-refractivity contribution in [3.05, 3.63) is 29.6 Å². The van der Waals surface area contributed by atoms with Crippen LogP contribution in [0.4, 0.5) is 0 Å². The van der Waals surface area contributed by atoms with E-state index in [1.54, 1.807) is 10.6 Å². The predicted molar refractivity (Wildman–Crippen MR) is 77.4 cm³/mol. The maximum atomic E-state index is 11.6. The van der Waals surface area contributed by atoms with Crippen molar-refractivity contribution >= 4 is 23.0 Å². The molecular weight excluding hydrogens is 272 g/mol. The van der Waals surface area contributed by atoms with Gasteiger partial charge in [0.1, 0.15) is 12.4 Å². The van der Waals surface area contributed by atoms with Crippen molar-refractivity contribution in [2.45, 2.75) is 32.7 Å². The van der Waals surface area contributed by atoms with E-state index in [0.29, 0.717) is 11.3 Å². The van der Waals surface area contributed by atoms with E-state index in [4.69, 9.17) is 9.84 Å². The van der Waals surface area contributed by atoms with Gasteiger partial charge in [0.2, 0.25) is 0 Å². The molecule has 0 spiro atoms.